The number of benzene rings is 2. The molecule has 1 aliphatic heterocycles. The van der Waals surface area contributed by atoms with Gasteiger partial charge in [0.25, 0.3) is 0 Å². The lowest BCUT2D eigenvalue weighted by molar-refractivity contribution is 0.0249. The van der Waals surface area contributed by atoms with Crippen molar-refractivity contribution in [3.63, 3.8) is 0 Å². The third kappa shape index (κ3) is 1.85. The van der Waals surface area contributed by atoms with Crippen molar-refractivity contribution in [3.05, 3.63) is 71.3 Å². The summed E-state index contributed by atoms with van der Waals surface area (Å²) in [4.78, 5) is 12.0. The summed E-state index contributed by atoms with van der Waals surface area (Å²) in [6, 6.07) is 17.3. The maximum absolute atomic E-state index is 12.0. The molecule has 0 unspecified atom stereocenters. The minimum atomic E-state index is -0.270. The Morgan fingerprint density at radius 2 is 1.61 bits per heavy atom. The summed E-state index contributed by atoms with van der Waals surface area (Å²) in [7, 11) is 0. The molecule has 0 aliphatic carbocycles. The first-order chi connectivity index (χ1) is 8.77. The van der Waals surface area contributed by atoms with E-state index in [9.17, 15) is 4.79 Å². The molecule has 3 rings (SSSR count). The number of cyclic esters (lactones) is 1. The van der Waals surface area contributed by atoms with E-state index in [1.54, 1.807) is 6.07 Å². The molecule has 3 heteroatoms. The minimum absolute atomic E-state index is 0.00574. The van der Waals surface area contributed by atoms with Crippen LogP contribution in [0.5, 0.6) is 0 Å². The summed E-state index contributed by atoms with van der Waals surface area (Å²) in [5, 5.41) is 0. The fourth-order valence-electron chi connectivity index (χ4n) is 2.20. The maximum Gasteiger partial charge on any atom is 0.339 e. The number of hydrogen-bond acceptors (Lipinski definition) is 2. The molecule has 2 atom stereocenters. The molecule has 2 aromatic rings. The normalized spacial score (nSPS) is 22.2. The summed E-state index contributed by atoms with van der Waals surface area (Å²) in [5.41, 5.74) is 2.64. The van der Waals surface area contributed by atoms with Gasteiger partial charge in [-0.1, -0.05) is 64.5 Å². The SMILES string of the molecule is O=C1O[C@H](c2ccccc2)[C@@H](Br)c2ccccc21. The van der Waals surface area contributed by atoms with Crippen molar-refractivity contribution >= 4 is 21.9 Å². The van der Waals surface area contributed by atoms with Gasteiger partial charge in [-0.05, 0) is 17.2 Å². The Labute approximate surface area is 114 Å². The first-order valence-corrected chi connectivity index (χ1v) is 6.68. The molecular weight excluding hydrogens is 292 g/mol. The Morgan fingerprint density at radius 1 is 0.944 bits per heavy atom. The van der Waals surface area contributed by atoms with Gasteiger partial charge in [-0.25, -0.2) is 4.79 Å². The van der Waals surface area contributed by atoms with Crippen LogP contribution in [0.2, 0.25) is 0 Å². The third-order valence-corrected chi connectivity index (χ3v) is 4.08. The van der Waals surface area contributed by atoms with Crippen LogP contribution in [0.1, 0.15) is 32.4 Å². The number of esters is 1. The van der Waals surface area contributed by atoms with E-state index in [-0.39, 0.29) is 16.9 Å². The van der Waals surface area contributed by atoms with E-state index in [1.165, 1.54) is 0 Å². The average molecular weight is 303 g/mol. The molecule has 1 heterocycles. The van der Waals surface area contributed by atoms with Crippen LogP contribution in [0.3, 0.4) is 0 Å². The van der Waals surface area contributed by atoms with E-state index >= 15 is 0 Å². The van der Waals surface area contributed by atoms with Crippen molar-refractivity contribution < 1.29 is 9.53 Å². The van der Waals surface area contributed by atoms with E-state index in [4.69, 9.17) is 4.74 Å². The lowest BCUT2D eigenvalue weighted by atomic mass is 9.95. The first kappa shape index (κ1) is 11.5. The highest BCUT2D eigenvalue weighted by Crippen LogP contribution is 2.44. The zero-order valence-electron chi connectivity index (χ0n) is 9.55. The number of fused-ring (bicyclic) bond motifs is 1. The van der Waals surface area contributed by atoms with Crippen molar-refractivity contribution in [1.29, 1.82) is 0 Å². The molecule has 2 nitrogen and oxygen atoms in total. The van der Waals surface area contributed by atoms with Gasteiger partial charge in [0.15, 0.2) is 0 Å². The molecule has 1 aliphatic rings. The van der Waals surface area contributed by atoms with Crippen molar-refractivity contribution in [2.75, 3.05) is 0 Å². The number of ether oxygens (including phenoxy) is 1. The summed E-state index contributed by atoms with van der Waals surface area (Å²) >= 11 is 3.64. The standard InChI is InChI=1S/C15H11BrO2/c16-13-11-8-4-5-9-12(11)15(17)18-14(13)10-6-2-1-3-7-10/h1-9,13-14H/t13-,14+/m0/s1. The Kier molecular flexibility index (Phi) is 2.92. The molecule has 0 fully saturated rings. The fraction of sp³-hybridized carbons (Fsp3) is 0.133. The topological polar surface area (TPSA) is 26.3 Å². The van der Waals surface area contributed by atoms with Crippen LogP contribution in [-0.2, 0) is 4.74 Å². The van der Waals surface area contributed by atoms with Crippen LogP contribution in [0.15, 0.2) is 54.6 Å². The second-order valence-corrected chi connectivity index (χ2v) is 5.21. The van der Waals surface area contributed by atoms with Gasteiger partial charge in [0.2, 0.25) is 0 Å². The van der Waals surface area contributed by atoms with Gasteiger partial charge in [0, 0.05) is 0 Å². The van der Waals surface area contributed by atoms with E-state index in [1.807, 2.05) is 48.5 Å². The van der Waals surface area contributed by atoms with E-state index in [0.717, 1.165) is 11.1 Å². The quantitative estimate of drug-likeness (QED) is 0.587. The lowest BCUT2D eigenvalue weighted by Gasteiger charge is -2.29. The van der Waals surface area contributed by atoms with Crippen LogP contribution in [0, 0.1) is 0 Å². The van der Waals surface area contributed by atoms with Gasteiger partial charge in [0.05, 0.1) is 10.4 Å². The molecule has 0 bridgehead atoms. The van der Waals surface area contributed by atoms with Gasteiger partial charge in [-0.15, -0.1) is 0 Å². The smallest absolute Gasteiger partial charge is 0.339 e. The summed E-state index contributed by atoms with van der Waals surface area (Å²) < 4.78 is 5.53. The van der Waals surface area contributed by atoms with E-state index < -0.39 is 0 Å². The number of halogens is 1. The molecule has 0 radical (unpaired) electrons. The summed E-state index contributed by atoms with van der Waals surface area (Å²) in [6.07, 6.45) is -0.270. The predicted molar refractivity (Wildman–Crippen MR) is 72.7 cm³/mol. The molecule has 2 aromatic carbocycles. The van der Waals surface area contributed by atoms with Gasteiger partial charge in [0.1, 0.15) is 6.10 Å². The highest BCUT2D eigenvalue weighted by atomic mass is 79.9. The second kappa shape index (κ2) is 4.58. The minimum Gasteiger partial charge on any atom is -0.452 e. The molecule has 0 aromatic heterocycles. The van der Waals surface area contributed by atoms with Crippen LogP contribution >= 0.6 is 15.9 Å². The van der Waals surface area contributed by atoms with E-state index in [0.29, 0.717) is 5.56 Å². The number of rotatable bonds is 1. The Bertz CT molecular complexity index is 580. The Morgan fingerprint density at radius 3 is 2.39 bits per heavy atom. The zero-order chi connectivity index (χ0) is 12.5. The lowest BCUT2D eigenvalue weighted by Crippen LogP contribution is -2.23. The van der Waals surface area contributed by atoms with Crippen LogP contribution < -0.4 is 0 Å². The zero-order valence-corrected chi connectivity index (χ0v) is 11.1. The number of carbonyl (C=O) groups excluding carboxylic acids is 1. The molecule has 0 spiro atoms. The summed E-state index contributed by atoms with van der Waals surface area (Å²) in [5.74, 6) is -0.254. The number of hydrogen-bond donors (Lipinski definition) is 0. The largest absolute Gasteiger partial charge is 0.452 e. The van der Waals surface area contributed by atoms with Gasteiger partial charge >= 0.3 is 5.97 Å². The molecule has 0 amide bonds. The summed E-state index contributed by atoms with van der Waals surface area (Å²) in [6.45, 7) is 0. The predicted octanol–water partition coefficient (Wildman–Crippen LogP) is 4.03. The van der Waals surface area contributed by atoms with Crippen LogP contribution in [-0.4, -0.2) is 5.97 Å². The van der Waals surface area contributed by atoms with Gasteiger partial charge in [-0.2, -0.15) is 0 Å². The molecular formula is C15H11BrO2. The monoisotopic (exact) mass is 302 g/mol. The molecule has 90 valence electrons. The number of carbonyl (C=O) groups is 1. The van der Waals surface area contributed by atoms with Crippen LogP contribution in [0.4, 0.5) is 0 Å². The molecule has 0 saturated carbocycles. The third-order valence-electron chi connectivity index (χ3n) is 3.11. The first-order valence-electron chi connectivity index (χ1n) is 5.76. The second-order valence-electron chi connectivity index (χ2n) is 4.23. The Balaban J connectivity index is 2.05. The van der Waals surface area contributed by atoms with Crippen molar-refractivity contribution in [2.24, 2.45) is 0 Å². The van der Waals surface area contributed by atoms with Crippen molar-refractivity contribution in [2.45, 2.75) is 10.9 Å². The van der Waals surface area contributed by atoms with Gasteiger partial charge in [-0.3, -0.25) is 0 Å². The van der Waals surface area contributed by atoms with Crippen molar-refractivity contribution in [3.8, 4) is 0 Å². The molecule has 0 saturated heterocycles. The van der Waals surface area contributed by atoms with Crippen LogP contribution in [0.25, 0.3) is 0 Å². The maximum atomic E-state index is 12.0. The molecule has 0 N–H and O–H groups in total. The average Bonchev–Trinajstić information content (AvgIpc) is 2.44. The highest BCUT2D eigenvalue weighted by molar-refractivity contribution is 9.09. The van der Waals surface area contributed by atoms with Gasteiger partial charge < -0.3 is 4.74 Å². The fourth-order valence-corrected chi connectivity index (χ4v) is 3.02. The van der Waals surface area contributed by atoms with E-state index in [2.05, 4.69) is 15.9 Å². The Hall–Kier alpha value is -1.61. The number of alkyl halides is 1. The molecule has 18 heavy (non-hydrogen) atoms. The highest BCUT2D eigenvalue weighted by Gasteiger charge is 2.34. The van der Waals surface area contributed by atoms with Crippen molar-refractivity contribution in [1.82, 2.24) is 0 Å².